The van der Waals surface area contributed by atoms with Gasteiger partial charge in [-0.1, -0.05) is 29.8 Å². The van der Waals surface area contributed by atoms with Crippen LogP contribution in [0.5, 0.6) is 0 Å². The Bertz CT molecular complexity index is 457. The van der Waals surface area contributed by atoms with E-state index >= 15 is 0 Å². The molecule has 0 saturated heterocycles. The van der Waals surface area contributed by atoms with E-state index < -0.39 is 5.97 Å². The lowest BCUT2D eigenvalue weighted by atomic mass is 9.94. The summed E-state index contributed by atoms with van der Waals surface area (Å²) in [6, 6.07) is 5.48. The van der Waals surface area contributed by atoms with Crippen LogP contribution in [0.4, 0.5) is 0 Å². The molecular formula is C13H14ClNO2. The lowest BCUT2D eigenvalue weighted by molar-refractivity contribution is 0.0694. The second-order valence-electron chi connectivity index (χ2n) is 4.10. The fraction of sp³-hybridized carbons (Fsp3) is 0.308. The van der Waals surface area contributed by atoms with E-state index in [4.69, 9.17) is 16.7 Å². The normalized spacial score (nSPS) is 16.1. The topological polar surface area (TPSA) is 40.5 Å². The van der Waals surface area contributed by atoms with Crippen molar-refractivity contribution in [3.8, 4) is 0 Å². The number of fused-ring (bicyclic) bond motifs is 1. The van der Waals surface area contributed by atoms with Crippen LogP contribution in [0.3, 0.4) is 0 Å². The predicted octanol–water partition coefficient (Wildman–Crippen LogP) is 2.50. The van der Waals surface area contributed by atoms with Crippen LogP contribution in [-0.2, 0) is 13.0 Å². The van der Waals surface area contributed by atoms with Crippen LogP contribution in [0.25, 0.3) is 0 Å². The van der Waals surface area contributed by atoms with E-state index in [0.717, 1.165) is 37.2 Å². The molecule has 0 aromatic heterocycles. The quantitative estimate of drug-likeness (QED) is 0.897. The van der Waals surface area contributed by atoms with E-state index in [1.54, 1.807) is 6.07 Å². The van der Waals surface area contributed by atoms with Crippen LogP contribution >= 0.6 is 11.6 Å². The van der Waals surface area contributed by atoms with E-state index in [-0.39, 0.29) is 0 Å². The van der Waals surface area contributed by atoms with Gasteiger partial charge in [-0.25, -0.2) is 4.79 Å². The Morgan fingerprint density at radius 2 is 2.35 bits per heavy atom. The van der Waals surface area contributed by atoms with Crippen LogP contribution in [0.2, 0.25) is 0 Å². The first-order valence-electron chi connectivity index (χ1n) is 5.54. The van der Waals surface area contributed by atoms with Crippen LogP contribution in [0.15, 0.2) is 29.8 Å². The molecule has 0 atom stereocenters. The van der Waals surface area contributed by atoms with Gasteiger partial charge in [-0.2, -0.15) is 0 Å². The van der Waals surface area contributed by atoms with Crippen LogP contribution in [0, 0.1) is 0 Å². The van der Waals surface area contributed by atoms with E-state index in [1.807, 2.05) is 18.2 Å². The van der Waals surface area contributed by atoms with Gasteiger partial charge in [0.15, 0.2) is 0 Å². The molecule has 3 nitrogen and oxygen atoms in total. The maximum Gasteiger partial charge on any atom is 0.335 e. The maximum atomic E-state index is 11.1. The number of carbonyl (C=O) groups is 1. The second-order valence-corrected chi connectivity index (χ2v) is 4.35. The highest BCUT2D eigenvalue weighted by Crippen LogP contribution is 2.22. The summed E-state index contributed by atoms with van der Waals surface area (Å²) in [6.07, 6.45) is 2.68. The zero-order chi connectivity index (χ0) is 12.3. The molecule has 0 unspecified atom stereocenters. The van der Waals surface area contributed by atoms with Crippen molar-refractivity contribution in [2.45, 2.75) is 13.0 Å². The zero-order valence-electron chi connectivity index (χ0n) is 9.40. The van der Waals surface area contributed by atoms with Gasteiger partial charge in [0.2, 0.25) is 0 Å². The lowest BCUT2D eigenvalue weighted by Crippen LogP contribution is -2.31. The molecule has 1 heterocycles. The second kappa shape index (κ2) is 5.34. The van der Waals surface area contributed by atoms with E-state index in [0.29, 0.717) is 5.56 Å². The molecule has 0 bridgehead atoms. The number of hydrogen-bond donors (Lipinski definition) is 1. The third kappa shape index (κ3) is 2.68. The van der Waals surface area contributed by atoms with Crippen LogP contribution < -0.4 is 0 Å². The number of hydrogen-bond acceptors (Lipinski definition) is 2. The van der Waals surface area contributed by atoms with Crippen molar-refractivity contribution in [1.29, 1.82) is 0 Å². The van der Waals surface area contributed by atoms with Gasteiger partial charge in [0.1, 0.15) is 0 Å². The van der Waals surface area contributed by atoms with Gasteiger partial charge in [-0.3, -0.25) is 4.90 Å². The molecule has 0 saturated carbocycles. The van der Waals surface area contributed by atoms with Crippen molar-refractivity contribution in [3.05, 3.63) is 46.5 Å². The monoisotopic (exact) mass is 251 g/mol. The van der Waals surface area contributed by atoms with Gasteiger partial charge in [-0.05, 0) is 23.6 Å². The van der Waals surface area contributed by atoms with Gasteiger partial charge >= 0.3 is 5.97 Å². The molecule has 0 amide bonds. The zero-order valence-corrected chi connectivity index (χ0v) is 10.2. The number of rotatable bonds is 3. The van der Waals surface area contributed by atoms with E-state index in [2.05, 4.69) is 4.90 Å². The van der Waals surface area contributed by atoms with Crippen molar-refractivity contribution < 1.29 is 9.90 Å². The van der Waals surface area contributed by atoms with Crippen molar-refractivity contribution >= 4 is 17.6 Å². The molecular weight excluding hydrogens is 238 g/mol. The fourth-order valence-corrected chi connectivity index (χ4v) is 2.29. The average molecular weight is 252 g/mol. The Balaban J connectivity index is 2.22. The molecule has 2 rings (SSSR count). The summed E-state index contributed by atoms with van der Waals surface area (Å²) < 4.78 is 0. The predicted molar refractivity (Wildman–Crippen MR) is 67.4 cm³/mol. The highest BCUT2D eigenvalue weighted by molar-refractivity contribution is 6.25. The average Bonchev–Trinajstić information content (AvgIpc) is 2.35. The maximum absolute atomic E-state index is 11.1. The molecule has 0 spiro atoms. The van der Waals surface area contributed by atoms with Gasteiger partial charge < -0.3 is 5.11 Å². The summed E-state index contributed by atoms with van der Waals surface area (Å²) >= 11 is 5.50. The number of nitrogens with zero attached hydrogens (tertiary/aromatic N) is 1. The molecule has 4 heteroatoms. The Hall–Kier alpha value is -1.32. The minimum Gasteiger partial charge on any atom is -0.478 e. The number of carboxylic acids is 1. The molecule has 0 aliphatic carbocycles. The van der Waals surface area contributed by atoms with Gasteiger partial charge in [0.25, 0.3) is 0 Å². The summed E-state index contributed by atoms with van der Waals surface area (Å²) in [5.41, 5.74) is 4.05. The highest BCUT2D eigenvalue weighted by Gasteiger charge is 2.20. The minimum atomic E-state index is -0.837. The third-order valence-corrected chi connectivity index (χ3v) is 3.21. The SMILES string of the molecule is O=C(O)c1cccc2c1CCN(C/C=C/Cl)C2. The summed E-state index contributed by atoms with van der Waals surface area (Å²) in [4.78, 5) is 13.3. The lowest BCUT2D eigenvalue weighted by Gasteiger charge is -2.28. The summed E-state index contributed by atoms with van der Waals surface area (Å²) in [6.45, 7) is 2.47. The highest BCUT2D eigenvalue weighted by atomic mass is 35.5. The Morgan fingerprint density at radius 1 is 1.53 bits per heavy atom. The number of halogens is 1. The molecule has 1 aromatic rings. The van der Waals surface area contributed by atoms with Gasteiger partial charge in [0, 0.05) is 25.2 Å². The molecule has 0 radical (unpaired) electrons. The van der Waals surface area contributed by atoms with Gasteiger partial charge in [-0.15, -0.1) is 0 Å². The first-order valence-corrected chi connectivity index (χ1v) is 5.97. The molecule has 1 N–H and O–H groups in total. The Labute approximate surface area is 105 Å². The van der Waals surface area contributed by atoms with E-state index in [9.17, 15) is 4.79 Å². The third-order valence-electron chi connectivity index (χ3n) is 3.03. The minimum absolute atomic E-state index is 0.440. The fourth-order valence-electron chi connectivity index (χ4n) is 2.21. The molecule has 1 aliphatic rings. The molecule has 90 valence electrons. The van der Waals surface area contributed by atoms with Crippen molar-refractivity contribution in [2.75, 3.05) is 13.1 Å². The number of benzene rings is 1. The smallest absolute Gasteiger partial charge is 0.335 e. The number of aromatic carboxylic acids is 1. The first kappa shape index (κ1) is 12.1. The summed E-state index contributed by atoms with van der Waals surface area (Å²) in [7, 11) is 0. The van der Waals surface area contributed by atoms with Crippen molar-refractivity contribution in [2.24, 2.45) is 0 Å². The van der Waals surface area contributed by atoms with Gasteiger partial charge in [0.05, 0.1) is 5.56 Å². The first-order chi connectivity index (χ1) is 8.22. The van der Waals surface area contributed by atoms with Crippen LogP contribution in [-0.4, -0.2) is 29.1 Å². The van der Waals surface area contributed by atoms with Crippen molar-refractivity contribution in [3.63, 3.8) is 0 Å². The number of carboxylic acid groups (broad SMARTS) is 1. The van der Waals surface area contributed by atoms with Crippen LogP contribution in [0.1, 0.15) is 21.5 Å². The summed E-state index contributed by atoms with van der Waals surface area (Å²) in [5, 5.41) is 9.11. The molecule has 1 aromatic carbocycles. The summed E-state index contributed by atoms with van der Waals surface area (Å²) in [5.74, 6) is -0.837. The van der Waals surface area contributed by atoms with Crippen molar-refractivity contribution in [1.82, 2.24) is 4.90 Å². The molecule has 0 fully saturated rings. The molecule has 1 aliphatic heterocycles. The Kier molecular flexibility index (Phi) is 3.82. The Morgan fingerprint density at radius 3 is 3.06 bits per heavy atom. The largest absolute Gasteiger partial charge is 0.478 e. The molecule has 17 heavy (non-hydrogen) atoms. The standard InChI is InChI=1S/C13H14ClNO2/c14-6-2-7-15-8-5-11-10(9-15)3-1-4-12(11)13(16)17/h1-4,6H,5,7-9H2,(H,16,17)/b6-2+. The van der Waals surface area contributed by atoms with E-state index in [1.165, 1.54) is 5.54 Å².